The zero-order valence-corrected chi connectivity index (χ0v) is 22.0. The second-order valence-electron chi connectivity index (χ2n) is 9.64. The number of aliphatic hydroxyl groups excluding tert-OH is 1. The van der Waals surface area contributed by atoms with Crippen molar-refractivity contribution in [2.75, 3.05) is 19.7 Å². The molecular weight excluding hydrogens is 511 g/mol. The lowest BCUT2D eigenvalue weighted by Gasteiger charge is -2.38. The lowest BCUT2D eigenvalue weighted by atomic mass is 9.90. The van der Waals surface area contributed by atoms with Gasteiger partial charge in [0.2, 0.25) is 0 Å². The van der Waals surface area contributed by atoms with E-state index in [2.05, 4.69) is 28.9 Å². The Morgan fingerprint density at radius 1 is 1.18 bits per heavy atom. The van der Waals surface area contributed by atoms with Crippen molar-refractivity contribution in [3.05, 3.63) is 64.9 Å². The maximum atomic E-state index is 13.5. The van der Waals surface area contributed by atoms with Gasteiger partial charge in [-0.3, -0.25) is 4.90 Å². The van der Waals surface area contributed by atoms with E-state index < -0.39 is 18.0 Å². The number of aliphatic hydroxyl groups is 1. The molecule has 3 atom stereocenters. The fourth-order valence-electron chi connectivity index (χ4n) is 4.89. The van der Waals surface area contributed by atoms with Crippen LogP contribution in [0.25, 0.3) is 21.0 Å². The largest absolute Gasteiger partial charge is 0.490 e. The van der Waals surface area contributed by atoms with Crippen molar-refractivity contribution in [3.63, 3.8) is 0 Å². The fraction of sp³-hybridized carbons (Fsp3) is 0.357. The molecule has 4 aromatic rings. The number of carboxylic acid groups (broad SMARTS) is 2. The van der Waals surface area contributed by atoms with Gasteiger partial charge in [0.25, 0.3) is 0 Å². The molecular formula is C28H31FN2O6S. The van der Waals surface area contributed by atoms with Gasteiger partial charge in [-0.2, -0.15) is 0 Å². The molecule has 202 valence electrons. The number of aryl methyl sites for hydroxylation is 1. The summed E-state index contributed by atoms with van der Waals surface area (Å²) in [5.41, 5.74) is 2.14. The Balaban J connectivity index is 0.000000505. The average molecular weight is 543 g/mol. The van der Waals surface area contributed by atoms with Crippen LogP contribution in [-0.4, -0.2) is 69.0 Å². The van der Waals surface area contributed by atoms with Crippen LogP contribution < -0.4 is 4.74 Å². The average Bonchev–Trinajstić information content (AvgIpc) is 3.46. The number of aromatic nitrogens is 1. The van der Waals surface area contributed by atoms with Crippen molar-refractivity contribution in [3.8, 4) is 5.75 Å². The SMILES string of the molecule is Cc1cc2c(OC[C@@H](O)CN3CC[C@H](c4cc5cc(F)ccc5s4)C[C@H]3C)cccc2[nH]1.O=C(O)C(=O)O. The molecule has 0 bridgehead atoms. The van der Waals surface area contributed by atoms with Crippen molar-refractivity contribution in [2.24, 2.45) is 0 Å². The summed E-state index contributed by atoms with van der Waals surface area (Å²) in [6, 6.07) is 15.6. The molecule has 10 heteroatoms. The summed E-state index contributed by atoms with van der Waals surface area (Å²) in [5.74, 6) is -2.53. The summed E-state index contributed by atoms with van der Waals surface area (Å²) in [6.45, 7) is 6.08. The summed E-state index contributed by atoms with van der Waals surface area (Å²) >= 11 is 1.78. The Hall–Kier alpha value is -3.47. The summed E-state index contributed by atoms with van der Waals surface area (Å²) < 4.78 is 20.7. The first kappa shape index (κ1) is 27.6. The Morgan fingerprint density at radius 2 is 1.95 bits per heavy atom. The number of rotatable bonds is 6. The first-order valence-corrected chi connectivity index (χ1v) is 13.2. The van der Waals surface area contributed by atoms with E-state index in [1.54, 1.807) is 17.4 Å². The molecule has 1 aliphatic heterocycles. The van der Waals surface area contributed by atoms with Gasteiger partial charge in [0.1, 0.15) is 24.3 Å². The quantitative estimate of drug-likeness (QED) is 0.253. The number of nitrogens with one attached hydrogen (secondary N) is 1. The molecule has 2 aromatic carbocycles. The molecule has 1 fully saturated rings. The number of aromatic amines is 1. The Bertz CT molecular complexity index is 1420. The topological polar surface area (TPSA) is 123 Å². The van der Waals surface area contributed by atoms with E-state index >= 15 is 0 Å². The molecule has 0 saturated carbocycles. The molecule has 0 aliphatic carbocycles. The van der Waals surface area contributed by atoms with Crippen molar-refractivity contribution >= 4 is 44.3 Å². The van der Waals surface area contributed by atoms with Crippen molar-refractivity contribution in [2.45, 2.75) is 44.8 Å². The Kier molecular flexibility index (Phi) is 8.65. The number of likely N-dealkylation sites (tertiary alicyclic amines) is 1. The first-order chi connectivity index (χ1) is 18.1. The molecule has 1 saturated heterocycles. The third kappa shape index (κ3) is 6.69. The standard InChI is InChI=1S/C26H29FN2O2S.C2H2O4/c1-16-10-22-23(28-16)4-3-5-24(22)31-15-21(30)14-29-9-8-18(11-17(29)2)26-13-19-12-20(27)6-7-25(19)32-26;3-1(4)2(5)6/h3-7,10,12-13,17-18,21,28,30H,8-9,11,14-15H2,1-2H3;(H,3,4)(H,5,6)/t17-,18+,21+;/m1./s1. The highest BCUT2D eigenvalue weighted by Crippen LogP contribution is 2.38. The Morgan fingerprint density at radius 3 is 2.66 bits per heavy atom. The maximum Gasteiger partial charge on any atom is 0.414 e. The van der Waals surface area contributed by atoms with E-state index in [0.29, 0.717) is 18.5 Å². The Labute approximate surface area is 223 Å². The van der Waals surface area contributed by atoms with Crippen LogP contribution in [0.5, 0.6) is 5.75 Å². The molecule has 0 amide bonds. The number of benzene rings is 2. The van der Waals surface area contributed by atoms with Crippen LogP contribution in [0.15, 0.2) is 48.5 Å². The monoisotopic (exact) mass is 542 g/mol. The minimum Gasteiger partial charge on any atom is -0.490 e. The van der Waals surface area contributed by atoms with Crippen molar-refractivity contribution < 1.29 is 34.0 Å². The highest BCUT2D eigenvalue weighted by atomic mass is 32.1. The molecule has 4 N–H and O–H groups in total. The van der Waals surface area contributed by atoms with Crippen LogP contribution in [0.2, 0.25) is 0 Å². The van der Waals surface area contributed by atoms with Gasteiger partial charge in [0.05, 0.1) is 0 Å². The van der Waals surface area contributed by atoms with E-state index in [0.717, 1.165) is 51.8 Å². The summed E-state index contributed by atoms with van der Waals surface area (Å²) in [5, 5.41) is 27.5. The third-order valence-corrected chi connectivity index (χ3v) is 8.01. The number of piperidine rings is 1. The van der Waals surface area contributed by atoms with Gasteiger partial charge in [-0.15, -0.1) is 11.3 Å². The number of H-pyrrole nitrogens is 1. The highest BCUT2D eigenvalue weighted by molar-refractivity contribution is 7.19. The van der Waals surface area contributed by atoms with Gasteiger partial charge >= 0.3 is 11.9 Å². The number of halogens is 1. The molecule has 3 heterocycles. The van der Waals surface area contributed by atoms with Crippen LogP contribution >= 0.6 is 11.3 Å². The van der Waals surface area contributed by atoms with Crippen LogP contribution in [0.3, 0.4) is 0 Å². The fourth-order valence-corrected chi connectivity index (χ4v) is 6.08. The number of aliphatic carboxylic acids is 2. The molecule has 0 spiro atoms. The van der Waals surface area contributed by atoms with E-state index in [1.165, 1.54) is 10.9 Å². The minimum absolute atomic E-state index is 0.177. The predicted molar refractivity (Wildman–Crippen MR) is 145 cm³/mol. The molecule has 5 rings (SSSR count). The highest BCUT2D eigenvalue weighted by Gasteiger charge is 2.29. The first-order valence-electron chi connectivity index (χ1n) is 12.4. The number of ether oxygens (including phenoxy) is 1. The van der Waals surface area contributed by atoms with E-state index in [-0.39, 0.29) is 12.4 Å². The lowest BCUT2D eigenvalue weighted by Crippen LogP contribution is -2.45. The molecule has 38 heavy (non-hydrogen) atoms. The minimum atomic E-state index is -1.82. The van der Waals surface area contributed by atoms with Crippen molar-refractivity contribution in [1.29, 1.82) is 0 Å². The number of carbonyl (C=O) groups is 2. The number of hydrogen-bond acceptors (Lipinski definition) is 6. The molecule has 8 nitrogen and oxygen atoms in total. The summed E-state index contributed by atoms with van der Waals surface area (Å²) in [7, 11) is 0. The van der Waals surface area contributed by atoms with Gasteiger partial charge in [-0.25, -0.2) is 14.0 Å². The van der Waals surface area contributed by atoms with Crippen LogP contribution in [-0.2, 0) is 9.59 Å². The molecule has 0 unspecified atom stereocenters. The number of carboxylic acids is 2. The van der Waals surface area contributed by atoms with E-state index in [1.807, 2.05) is 31.2 Å². The maximum absolute atomic E-state index is 13.5. The van der Waals surface area contributed by atoms with Gasteiger partial charge < -0.3 is 25.0 Å². The second kappa shape index (κ2) is 11.9. The van der Waals surface area contributed by atoms with Gasteiger partial charge in [0, 0.05) is 38.8 Å². The molecule has 0 radical (unpaired) electrons. The summed E-state index contributed by atoms with van der Waals surface area (Å²) in [4.78, 5) is 25.2. The van der Waals surface area contributed by atoms with E-state index in [9.17, 15) is 9.50 Å². The van der Waals surface area contributed by atoms with Gasteiger partial charge in [-0.1, -0.05) is 6.07 Å². The van der Waals surface area contributed by atoms with Crippen molar-refractivity contribution in [1.82, 2.24) is 9.88 Å². The van der Waals surface area contributed by atoms with E-state index in [4.69, 9.17) is 24.5 Å². The number of hydrogen-bond donors (Lipinski definition) is 4. The number of nitrogens with zero attached hydrogens (tertiary/aromatic N) is 1. The van der Waals surface area contributed by atoms with Gasteiger partial charge in [-0.05, 0) is 87.0 Å². The normalized spacial score (nSPS) is 18.6. The number of thiophene rings is 1. The zero-order valence-electron chi connectivity index (χ0n) is 21.2. The second-order valence-corrected chi connectivity index (χ2v) is 10.8. The number of fused-ring (bicyclic) bond motifs is 2. The smallest absolute Gasteiger partial charge is 0.414 e. The third-order valence-electron chi connectivity index (χ3n) is 6.73. The predicted octanol–water partition coefficient (Wildman–Crippen LogP) is 4.99. The lowest BCUT2D eigenvalue weighted by molar-refractivity contribution is -0.159. The zero-order chi connectivity index (χ0) is 27.4. The van der Waals surface area contributed by atoms with Gasteiger partial charge in [0.15, 0.2) is 0 Å². The van der Waals surface area contributed by atoms with Crippen LogP contribution in [0, 0.1) is 12.7 Å². The molecule has 2 aromatic heterocycles. The molecule has 1 aliphatic rings. The van der Waals surface area contributed by atoms with Crippen LogP contribution in [0.4, 0.5) is 4.39 Å². The number of β-amino-alcohol motifs (C(OH)–C–C–N with tert-alkyl or cyclic N) is 1. The summed E-state index contributed by atoms with van der Waals surface area (Å²) in [6.07, 6.45) is 1.55. The van der Waals surface area contributed by atoms with Crippen LogP contribution in [0.1, 0.15) is 36.3 Å².